The fraction of sp³-hybridized carbons (Fsp3) is 0.200. The van der Waals surface area contributed by atoms with E-state index < -0.39 is 0 Å². The highest BCUT2D eigenvalue weighted by Crippen LogP contribution is 2.16. The van der Waals surface area contributed by atoms with E-state index >= 15 is 0 Å². The lowest BCUT2D eigenvalue weighted by molar-refractivity contribution is 0.0734. The summed E-state index contributed by atoms with van der Waals surface area (Å²) in [7, 11) is 0. The van der Waals surface area contributed by atoms with Gasteiger partial charge in [0.1, 0.15) is 5.75 Å². The third kappa shape index (κ3) is 2.94. The molecule has 3 heteroatoms. The van der Waals surface area contributed by atoms with E-state index in [0.29, 0.717) is 17.2 Å². The SMILES string of the molecule is CC(C)c1cncc(C(=O)Oc2ccccc2)c1. The van der Waals surface area contributed by atoms with E-state index in [2.05, 4.69) is 18.8 Å². The number of nitrogens with zero attached hydrogens (tertiary/aromatic N) is 1. The molecule has 0 fully saturated rings. The summed E-state index contributed by atoms with van der Waals surface area (Å²) in [6, 6.07) is 10.8. The van der Waals surface area contributed by atoms with Gasteiger partial charge in [-0.2, -0.15) is 0 Å². The maximum Gasteiger partial charge on any atom is 0.345 e. The third-order valence-corrected chi connectivity index (χ3v) is 2.62. The lowest BCUT2D eigenvalue weighted by atomic mass is 10.0. The number of aromatic nitrogens is 1. The predicted octanol–water partition coefficient (Wildman–Crippen LogP) is 3.42. The Hall–Kier alpha value is -2.16. The molecule has 0 N–H and O–H groups in total. The number of ether oxygens (including phenoxy) is 1. The molecule has 0 atom stereocenters. The number of carbonyl (C=O) groups excluding carboxylic acids is 1. The van der Waals surface area contributed by atoms with Gasteiger partial charge in [0.25, 0.3) is 0 Å². The van der Waals surface area contributed by atoms with Gasteiger partial charge in [0.2, 0.25) is 0 Å². The van der Waals surface area contributed by atoms with Crippen LogP contribution < -0.4 is 4.74 Å². The van der Waals surface area contributed by atoms with Gasteiger partial charge in [0, 0.05) is 12.4 Å². The molecule has 18 heavy (non-hydrogen) atoms. The molecule has 0 saturated carbocycles. The Labute approximate surface area is 106 Å². The number of benzene rings is 1. The number of pyridine rings is 1. The number of hydrogen-bond donors (Lipinski definition) is 0. The second-order valence-electron chi connectivity index (χ2n) is 4.36. The summed E-state index contributed by atoms with van der Waals surface area (Å²) < 4.78 is 5.26. The molecule has 0 radical (unpaired) electrons. The molecule has 92 valence electrons. The van der Waals surface area contributed by atoms with E-state index in [1.54, 1.807) is 18.3 Å². The molecule has 1 aromatic carbocycles. The highest BCUT2D eigenvalue weighted by atomic mass is 16.5. The summed E-state index contributed by atoms with van der Waals surface area (Å²) in [5.74, 6) is 0.496. The van der Waals surface area contributed by atoms with Gasteiger partial charge >= 0.3 is 5.97 Å². The van der Waals surface area contributed by atoms with E-state index in [1.165, 1.54) is 6.20 Å². The van der Waals surface area contributed by atoms with Crippen LogP contribution in [0.15, 0.2) is 48.8 Å². The van der Waals surface area contributed by atoms with Gasteiger partial charge in [-0.25, -0.2) is 4.79 Å². The van der Waals surface area contributed by atoms with Crippen molar-refractivity contribution in [2.24, 2.45) is 0 Å². The maximum atomic E-state index is 11.9. The first-order chi connectivity index (χ1) is 8.66. The van der Waals surface area contributed by atoms with Crippen LogP contribution in [-0.4, -0.2) is 11.0 Å². The second-order valence-corrected chi connectivity index (χ2v) is 4.36. The van der Waals surface area contributed by atoms with E-state index in [-0.39, 0.29) is 5.97 Å². The largest absolute Gasteiger partial charge is 0.423 e. The standard InChI is InChI=1S/C15H15NO2/c1-11(2)12-8-13(10-16-9-12)15(17)18-14-6-4-3-5-7-14/h3-11H,1-2H3. The Balaban J connectivity index is 2.16. The van der Waals surface area contributed by atoms with Crippen LogP contribution in [0.3, 0.4) is 0 Å². The van der Waals surface area contributed by atoms with Crippen molar-refractivity contribution in [3.05, 3.63) is 59.9 Å². The Kier molecular flexibility index (Phi) is 3.72. The summed E-state index contributed by atoms with van der Waals surface area (Å²) in [5.41, 5.74) is 1.50. The van der Waals surface area contributed by atoms with Gasteiger partial charge < -0.3 is 4.74 Å². The molecule has 0 aliphatic rings. The molecule has 0 bridgehead atoms. The quantitative estimate of drug-likeness (QED) is 0.610. The molecule has 0 aliphatic carbocycles. The van der Waals surface area contributed by atoms with Crippen LogP contribution in [0.2, 0.25) is 0 Å². The van der Waals surface area contributed by atoms with Crippen molar-refractivity contribution in [1.82, 2.24) is 4.98 Å². The first-order valence-electron chi connectivity index (χ1n) is 5.89. The molecular formula is C15H15NO2. The number of hydrogen-bond acceptors (Lipinski definition) is 3. The molecule has 0 saturated heterocycles. The average molecular weight is 241 g/mol. The Morgan fingerprint density at radius 1 is 1.17 bits per heavy atom. The third-order valence-electron chi connectivity index (χ3n) is 2.62. The molecule has 0 aliphatic heterocycles. The summed E-state index contributed by atoms with van der Waals surface area (Å²) in [4.78, 5) is 16.0. The minimum atomic E-state index is -0.379. The Bertz CT molecular complexity index is 535. The number of rotatable bonds is 3. The van der Waals surface area contributed by atoms with E-state index in [4.69, 9.17) is 4.74 Å². The topological polar surface area (TPSA) is 39.2 Å². The zero-order chi connectivity index (χ0) is 13.0. The summed E-state index contributed by atoms with van der Waals surface area (Å²) in [5, 5.41) is 0. The summed E-state index contributed by atoms with van der Waals surface area (Å²) in [6.07, 6.45) is 3.29. The molecule has 3 nitrogen and oxygen atoms in total. The number of esters is 1. The fourth-order valence-electron chi connectivity index (χ4n) is 1.54. The van der Waals surface area contributed by atoms with Crippen molar-refractivity contribution in [2.45, 2.75) is 19.8 Å². The van der Waals surface area contributed by atoms with Crippen LogP contribution >= 0.6 is 0 Å². The number of carbonyl (C=O) groups is 1. The lowest BCUT2D eigenvalue weighted by Gasteiger charge is -2.07. The van der Waals surface area contributed by atoms with Crippen molar-refractivity contribution in [3.8, 4) is 5.75 Å². The first kappa shape index (κ1) is 12.3. The highest BCUT2D eigenvalue weighted by molar-refractivity contribution is 5.90. The van der Waals surface area contributed by atoms with Crippen molar-refractivity contribution < 1.29 is 9.53 Å². The van der Waals surface area contributed by atoms with Gasteiger partial charge in [0.05, 0.1) is 5.56 Å². The van der Waals surface area contributed by atoms with E-state index in [1.807, 2.05) is 24.3 Å². The minimum Gasteiger partial charge on any atom is -0.423 e. The van der Waals surface area contributed by atoms with Gasteiger partial charge in [-0.3, -0.25) is 4.98 Å². The van der Waals surface area contributed by atoms with Gasteiger partial charge in [-0.1, -0.05) is 32.0 Å². The fourth-order valence-corrected chi connectivity index (χ4v) is 1.54. The van der Waals surface area contributed by atoms with Crippen molar-refractivity contribution in [2.75, 3.05) is 0 Å². The van der Waals surface area contributed by atoms with E-state index in [0.717, 1.165) is 5.56 Å². The average Bonchev–Trinajstić information content (AvgIpc) is 2.40. The van der Waals surface area contributed by atoms with Crippen molar-refractivity contribution >= 4 is 5.97 Å². The van der Waals surface area contributed by atoms with Crippen molar-refractivity contribution in [3.63, 3.8) is 0 Å². The molecule has 2 rings (SSSR count). The van der Waals surface area contributed by atoms with Crippen LogP contribution in [0.4, 0.5) is 0 Å². The van der Waals surface area contributed by atoms with Gasteiger partial charge in [-0.15, -0.1) is 0 Å². The molecule has 2 aromatic rings. The normalized spacial score (nSPS) is 10.4. The van der Waals surface area contributed by atoms with Crippen LogP contribution in [0, 0.1) is 0 Å². The molecule has 1 aromatic heterocycles. The maximum absolute atomic E-state index is 11.9. The molecular weight excluding hydrogens is 226 g/mol. The second kappa shape index (κ2) is 5.45. The molecule has 0 spiro atoms. The van der Waals surface area contributed by atoms with Crippen LogP contribution in [-0.2, 0) is 0 Å². The van der Waals surface area contributed by atoms with Crippen LogP contribution in [0.1, 0.15) is 35.7 Å². The van der Waals surface area contributed by atoms with Crippen LogP contribution in [0.5, 0.6) is 5.75 Å². The zero-order valence-electron chi connectivity index (χ0n) is 10.5. The van der Waals surface area contributed by atoms with Crippen molar-refractivity contribution in [1.29, 1.82) is 0 Å². The van der Waals surface area contributed by atoms with E-state index in [9.17, 15) is 4.79 Å². The summed E-state index contributed by atoms with van der Waals surface area (Å²) in [6.45, 7) is 4.12. The molecule has 0 amide bonds. The molecule has 0 unspecified atom stereocenters. The summed E-state index contributed by atoms with van der Waals surface area (Å²) >= 11 is 0. The monoisotopic (exact) mass is 241 g/mol. The molecule has 1 heterocycles. The predicted molar refractivity (Wildman–Crippen MR) is 69.7 cm³/mol. The van der Waals surface area contributed by atoms with Gasteiger partial charge in [0.15, 0.2) is 0 Å². The Morgan fingerprint density at radius 3 is 2.56 bits per heavy atom. The minimum absolute atomic E-state index is 0.335. The smallest absolute Gasteiger partial charge is 0.345 e. The van der Waals surface area contributed by atoms with Crippen LogP contribution in [0.25, 0.3) is 0 Å². The lowest BCUT2D eigenvalue weighted by Crippen LogP contribution is -2.09. The number of para-hydroxylation sites is 1. The first-order valence-corrected chi connectivity index (χ1v) is 5.89. The Morgan fingerprint density at radius 2 is 1.89 bits per heavy atom. The van der Waals surface area contributed by atoms with Gasteiger partial charge in [-0.05, 0) is 29.7 Å². The zero-order valence-corrected chi connectivity index (χ0v) is 10.5. The highest BCUT2D eigenvalue weighted by Gasteiger charge is 2.10.